The number of nitrogens with two attached hydrogens (primary N) is 1. The van der Waals surface area contributed by atoms with E-state index < -0.39 is 46.8 Å². The van der Waals surface area contributed by atoms with E-state index in [2.05, 4.69) is 15.6 Å². The fraction of sp³-hybridized carbons (Fsp3) is 0.469. The molecule has 0 aliphatic carbocycles. The number of para-hydroxylation sites is 1. The molecular formula is C49H62F3N7O4S. The van der Waals surface area contributed by atoms with E-state index in [1.807, 2.05) is 82.6 Å². The molecule has 6 rings (SSSR count). The number of likely N-dealkylation sites (tertiary alicyclic amines) is 1. The molecule has 1 unspecified atom stereocenters. The van der Waals surface area contributed by atoms with Crippen molar-refractivity contribution in [2.75, 3.05) is 38.6 Å². The first-order valence-electron chi connectivity index (χ1n) is 21.9. The number of thiazole rings is 1. The third-order valence-electron chi connectivity index (χ3n) is 11.7. The summed E-state index contributed by atoms with van der Waals surface area (Å²) >= 11 is 1.59. The van der Waals surface area contributed by atoms with E-state index in [9.17, 15) is 9.59 Å². The van der Waals surface area contributed by atoms with E-state index in [1.165, 1.54) is 13.8 Å². The van der Waals surface area contributed by atoms with Crippen LogP contribution in [0.5, 0.6) is 5.75 Å². The average Bonchev–Trinajstić information content (AvgIpc) is 3.90. The zero-order valence-electron chi connectivity index (χ0n) is 37.9. The third kappa shape index (κ3) is 12.1. The van der Waals surface area contributed by atoms with E-state index in [4.69, 9.17) is 20.6 Å². The average molecular weight is 902 g/mol. The van der Waals surface area contributed by atoms with Gasteiger partial charge in [-0.25, -0.2) is 18.2 Å². The van der Waals surface area contributed by atoms with Gasteiger partial charge in [-0.15, -0.1) is 11.3 Å². The number of nitrogens with one attached hydrogen (secondary N) is 3. The number of nitrogen functional groups attached to an aromatic ring is 1. The highest BCUT2D eigenvalue weighted by atomic mass is 32.1. The molecule has 0 spiro atoms. The molecule has 1 aromatic heterocycles. The summed E-state index contributed by atoms with van der Waals surface area (Å²) in [7, 11) is 0. The smallest absolute Gasteiger partial charge is 0.246 e. The number of aromatic nitrogens is 1. The Balaban J connectivity index is 0.989. The lowest BCUT2D eigenvalue weighted by Gasteiger charge is -2.42. The van der Waals surface area contributed by atoms with Crippen LogP contribution in [-0.2, 0) is 20.9 Å². The van der Waals surface area contributed by atoms with Crippen molar-refractivity contribution < 1.29 is 32.2 Å². The van der Waals surface area contributed by atoms with Crippen molar-refractivity contribution in [3.63, 3.8) is 0 Å². The molecule has 3 heterocycles. The van der Waals surface area contributed by atoms with Crippen LogP contribution in [0.25, 0.3) is 16.0 Å². The molecule has 3 aromatic carbocycles. The first-order chi connectivity index (χ1) is 30.3. The number of aryl methyl sites for hydroxylation is 1. The standard InChI is InChI=1S/C49H62F3N7O4S/c1-30-22-34(36-12-8-9-13-39(36)53)23-41(59(30)28-49(6,7)52)43-37(50)24-35(25-38(43)51)63-21-11-20-62-27-42(60)57-45(48(3,4)5)46(54)58-19-10-14-40(58)47(61)55-26-32-15-17-33(18-16-32)44-31(2)56-29-64-44/h8-9,12-13,15-18,23-25,29-30,40-41,45,54H,10-11,14,19-22,26-28,53H2,1-7H3,(H,55,61)(H,57,60)/t30-,40+,41+,45?/m1/s1. The Morgan fingerprint density at radius 3 is 2.39 bits per heavy atom. The molecule has 5 N–H and O–H groups in total. The van der Waals surface area contributed by atoms with Crippen LogP contribution in [0.4, 0.5) is 18.9 Å². The van der Waals surface area contributed by atoms with Crippen molar-refractivity contribution in [2.45, 2.75) is 111 Å². The molecule has 0 bridgehead atoms. The van der Waals surface area contributed by atoms with Crippen molar-refractivity contribution in [1.29, 1.82) is 5.41 Å². The van der Waals surface area contributed by atoms with Crippen LogP contribution >= 0.6 is 11.3 Å². The number of carbonyl (C=O) groups is 2. The summed E-state index contributed by atoms with van der Waals surface area (Å²) in [4.78, 5) is 35.6. The summed E-state index contributed by atoms with van der Waals surface area (Å²) in [5.74, 6) is -2.06. The Kier molecular flexibility index (Phi) is 15.6. The Morgan fingerprint density at radius 1 is 1.05 bits per heavy atom. The minimum Gasteiger partial charge on any atom is -0.493 e. The Morgan fingerprint density at radius 2 is 1.75 bits per heavy atom. The summed E-state index contributed by atoms with van der Waals surface area (Å²) < 4.78 is 58.2. The van der Waals surface area contributed by atoms with Gasteiger partial charge < -0.3 is 30.7 Å². The fourth-order valence-corrected chi connectivity index (χ4v) is 9.30. The van der Waals surface area contributed by atoms with E-state index >= 15 is 13.2 Å². The van der Waals surface area contributed by atoms with Crippen LogP contribution < -0.4 is 21.1 Å². The highest BCUT2D eigenvalue weighted by Gasteiger charge is 2.40. The molecule has 1 fully saturated rings. The molecule has 0 radical (unpaired) electrons. The van der Waals surface area contributed by atoms with E-state index in [0.717, 1.165) is 51.4 Å². The van der Waals surface area contributed by atoms with Crippen molar-refractivity contribution in [2.24, 2.45) is 5.41 Å². The van der Waals surface area contributed by atoms with Gasteiger partial charge in [0.25, 0.3) is 0 Å². The Bertz CT molecular complexity index is 2280. The fourth-order valence-electron chi connectivity index (χ4n) is 8.48. The second-order valence-electron chi connectivity index (χ2n) is 18.5. The van der Waals surface area contributed by atoms with Crippen LogP contribution in [0, 0.1) is 29.4 Å². The lowest BCUT2D eigenvalue weighted by atomic mass is 9.85. The van der Waals surface area contributed by atoms with Crippen LogP contribution in [0.1, 0.15) is 95.7 Å². The van der Waals surface area contributed by atoms with E-state index in [1.54, 1.807) is 33.3 Å². The second kappa shape index (κ2) is 20.7. The van der Waals surface area contributed by atoms with Gasteiger partial charge in [0.15, 0.2) is 0 Å². The molecule has 4 atom stereocenters. The topological polar surface area (TPSA) is 146 Å². The molecular weight excluding hydrogens is 840 g/mol. The Labute approximate surface area is 379 Å². The van der Waals surface area contributed by atoms with Crippen LogP contribution in [0.2, 0.25) is 0 Å². The number of hydrogen-bond donors (Lipinski definition) is 4. The number of anilines is 1. The minimum atomic E-state index is -1.62. The highest BCUT2D eigenvalue weighted by molar-refractivity contribution is 7.13. The number of carbonyl (C=O) groups excluding carboxylic acids is 2. The number of benzene rings is 3. The number of nitrogens with zero attached hydrogens (tertiary/aromatic N) is 3. The van der Waals surface area contributed by atoms with Gasteiger partial charge in [-0.1, -0.05) is 69.3 Å². The molecule has 344 valence electrons. The molecule has 2 aliphatic rings. The number of rotatable bonds is 17. The third-order valence-corrected chi connectivity index (χ3v) is 12.7. The highest BCUT2D eigenvalue weighted by Crippen LogP contribution is 2.42. The van der Waals surface area contributed by atoms with Gasteiger partial charge >= 0.3 is 0 Å². The summed E-state index contributed by atoms with van der Waals surface area (Å²) in [5, 5.41) is 15.2. The number of ether oxygens (including phenoxy) is 2. The normalized spacial score (nSPS) is 18.7. The van der Waals surface area contributed by atoms with Crippen LogP contribution in [-0.4, -0.2) is 89.1 Å². The Hall–Kier alpha value is -5.25. The van der Waals surface area contributed by atoms with Crippen molar-refractivity contribution >= 4 is 40.2 Å². The first-order valence-corrected chi connectivity index (χ1v) is 22.8. The summed E-state index contributed by atoms with van der Waals surface area (Å²) in [6, 6.07) is 15.3. The first kappa shape index (κ1) is 48.2. The van der Waals surface area contributed by atoms with Gasteiger partial charge in [0.2, 0.25) is 11.8 Å². The largest absolute Gasteiger partial charge is 0.493 e. The number of amides is 2. The zero-order chi connectivity index (χ0) is 46.3. The van der Waals surface area contributed by atoms with Crippen molar-refractivity contribution in [3.8, 4) is 16.2 Å². The predicted octanol–water partition coefficient (Wildman–Crippen LogP) is 9.02. The second-order valence-corrected chi connectivity index (χ2v) is 19.4. The van der Waals surface area contributed by atoms with Crippen LogP contribution in [0.15, 0.2) is 72.3 Å². The summed E-state index contributed by atoms with van der Waals surface area (Å²) in [5.41, 5.74) is 10.9. The molecule has 2 amide bonds. The number of amidine groups is 1. The number of alkyl halides is 1. The molecule has 4 aromatic rings. The maximum atomic E-state index is 15.9. The quantitative estimate of drug-likeness (QED) is 0.0356. The lowest BCUT2D eigenvalue weighted by molar-refractivity contribution is -0.126. The predicted molar refractivity (Wildman–Crippen MR) is 248 cm³/mol. The number of halogens is 3. The van der Waals surface area contributed by atoms with E-state index in [-0.39, 0.29) is 55.5 Å². The van der Waals surface area contributed by atoms with Crippen molar-refractivity contribution in [3.05, 3.63) is 106 Å². The van der Waals surface area contributed by atoms with Crippen LogP contribution in [0.3, 0.4) is 0 Å². The van der Waals surface area contributed by atoms with Gasteiger partial charge in [-0.2, -0.15) is 0 Å². The molecule has 2 aliphatic heterocycles. The van der Waals surface area contributed by atoms with Gasteiger partial charge in [-0.3, -0.25) is 19.9 Å². The lowest BCUT2D eigenvalue weighted by Crippen LogP contribution is -2.57. The zero-order valence-corrected chi connectivity index (χ0v) is 38.7. The van der Waals surface area contributed by atoms with Gasteiger partial charge in [0, 0.05) is 61.0 Å². The summed E-state index contributed by atoms with van der Waals surface area (Å²) in [6.07, 6.45) is 3.96. The SMILES string of the molecule is Cc1ncsc1-c1ccc(CNC(=O)[C@@H]2CCCN2C(=N)C(NC(=O)COCCCOc2cc(F)c([C@@H]3C=C(c4ccccc4N)C[C@@H](C)N3CC(C)(C)F)c(F)c2)C(C)(C)C)cc1. The molecule has 11 nitrogen and oxygen atoms in total. The minimum absolute atomic E-state index is 0.00818. The van der Waals surface area contributed by atoms with Gasteiger partial charge in [0.05, 0.1) is 41.4 Å². The molecule has 15 heteroatoms. The van der Waals surface area contributed by atoms with Crippen molar-refractivity contribution in [1.82, 2.24) is 25.4 Å². The molecule has 64 heavy (non-hydrogen) atoms. The van der Waals surface area contributed by atoms with E-state index in [0.29, 0.717) is 38.0 Å². The monoisotopic (exact) mass is 901 g/mol. The van der Waals surface area contributed by atoms with Gasteiger partial charge in [-0.05, 0) is 75.1 Å². The molecule has 1 saturated heterocycles. The van der Waals surface area contributed by atoms with Gasteiger partial charge in [0.1, 0.15) is 41.5 Å². The number of hydrogen-bond acceptors (Lipinski definition) is 9. The maximum absolute atomic E-state index is 15.9. The maximum Gasteiger partial charge on any atom is 0.246 e. The molecule has 0 saturated carbocycles. The summed E-state index contributed by atoms with van der Waals surface area (Å²) in [6.45, 7) is 13.3.